The van der Waals surface area contributed by atoms with Gasteiger partial charge < -0.3 is 10.2 Å². The molecule has 1 aliphatic heterocycles. The van der Waals surface area contributed by atoms with Crippen LogP contribution in [0.2, 0.25) is 0 Å². The van der Waals surface area contributed by atoms with E-state index >= 15 is 0 Å². The predicted octanol–water partition coefficient (Wildman–Crippen LogP) is 3.39. The van der Waals surface area contributed by atoms with E-state index in [0.29, 0.717) is 25.1 Å². The van der Waals surface area contributed by atoms with Crippen LogP contribution in [0.5, 0.6) is 0 Å². The highest BCUT2D eigenvalue weighted by Gasteiger charge is 2.30. The molecule has 4 nitrogen and oxygen atoms in total. The summed E-state index contributed by atoms with van der Waals surface area (Å²) in [4.78, 5) is 26.5. The summed E-state index contributed by atoms with van der Waals surface area (Å²) in [5, 5.41) is 2.98. The van der Waals surface area contributed by atoms with Gasteiger partial charge >= 0.3 is 0 Å². The van der Waals surface area contributed by atoms with Crippen LogP contribution >= 0.6 is 0 Å². The number of amides is 2. The van der Waals surface area contributed by atoms with Gasteiger partial charge in [0, 0.05) is 36.7 Å². The monoisotopic (exact) mass is 336 g/mol. The molecule has 1 saturated heterocycles. The van der Waals surface area contributed by atoms with Gasteiger partial charge in [-0.05, 0) is 45.0 Å². The largest absolute Gasteiger partial charge is 0.352 e. The lowest BCUT2D eigenvalue weighted by Gasteiger charge is -2.17. The van der Waals surface area contributed by atoms with E-state index in [0.717, 1.165) is 16.8 Å². The highest BCUT2D eigenvalue weighted by atomic mass is 16.2. The van der Waals surface area contributed by atoms with Gasteiger partial charge in [0.05, 0.1) is 0 Å². The van der Waals surface area contributed by atoms with Crippen LogP contribution in [-0.4, -0.2) is 24.9 Å². The van der Waals surface area contributed by atoms with Crippen LogP contribution < -0.4 is 10.2 Å². The van der Waals surface area contributed by atoms with Crippen molar-refractivity contribution < 1.29 is 9.59 Å². The van der Waals surface area contributed by atoms with Crippen molar-refractivity contribution in [2.45, 2.75) is 27.2 Å². The second-order valence-corrected chi connectivity index (χ2v) is 7.00. The van der Waals surface area contributed by atoms with E-state index in [-0.39, 0.29) is 17.7 Å². The Bertz CT molecular complexity index is 776. The molecule has 1 atom stereocenters. The minimum absolute atomic E-state index is 0.0759. The normalized spacial score (nSPS) is 17.0. The quantitative estimate of drug-likeness (QED) is 0.930. The molecule has 25 heavy (non-hydrogen) atoms. The lowest BCUT2D eigenvalue weighted by Crippen LogP contribution is -2.31. The molecule has 0 aliphatic carbocycles. The Morgan fingerprint density at radius 3 is 2.32 bits per heavy atom. The van der Waals surface area contributed by atoms with Crippen molar-refractivity contribution in [3.8, 4) is 0 Å². The van der Waals surface area contributed by atoms with Crippen molar-refractivity contribution in [3.63, 3.8) is 0 Å². The fourth-order valence-electron chi connectivity index (χ4n) is 3.34. The van der Waals surface area contributed by atoms with E-state index in [9.17, 15) is 9.59 Å². The van der Waals surface area contributed by atoms with E-state index in [4.69, 9.17) is 0 Å². The second kappa shape index (κ2) is 7.09. The number of nitrogens with one attached hydrogen (secondary N) is 1. The molecule has 130 valence electrons. The zero-order valence-corrected chi connectivity index (χ0v) is 15.0. The summed E-state index contributed by atoms with van der Waals surface area (Å²) in [5.74, 6) is 0.186. The van der Waals surface area contributed by atoms with Crippen molar-refractivity contribution in [1.29, 1.82) is 0 Å². The molecule has 3 rings (SSSR count). The Morgan fingerprint density at radius 1 is 1.04 bits per heavy atom. The number of carbonyl (C=O) groups excluding carboxylic acids is 2. The Balaban J connectivity index is 1.60. The molecular weight excluding hydrogens is 312 g/mol. The first-order chi connectivity index (χ1) is 11.9. The highest BCUT2D eigenvalue weighted by Crippen LogP contribution is 2.25. The van der Waals surface area contributed by atoms with Crippen molar-refractivity contribution in [3.05, 3.63) is 64.7 Å². The van der Waals surface area contributed by atoms with Crippen LogP contribution in [0.3, 0.4) is 0 Å². The molecule has 1 unspecified atom stereocenters. The maximum atomic E-state index is 12.4. The number of nitrogens with zero attached hydrogens (tertiary/aromatic N) is 1. The minimum Gasteiger partial charge on any atom is -0.352 e. The maximum Gasteiger partial charge on any atom is 0.251 e. The first kappa shape index (κ1) is 17.2. The van der Waals surface area contributed by atoms with Crippen molar-refractivity contribution in [1.82, 2.24) is 5.32 Å². The molecule has 2 aromatic rings. The lowest BCUT2D eigenvalue weighted by atomic mass is 10.1. The van der Waals surface area contributed by atoms with Crippen LogP contribution in [0.25, 0.3) is 0 Å². The van der Waals surface area contributed by atoms with Gasteiger partial charge in [-0.1, -0.05) is 34.9 Å². The van der Waals surface area contributed by atoms with Gasteiger partial charge in [-0.25, -0.2) is 0 Å². The summed E-state index contributed by atoms with van der Waals surface area (Å²) in [7, 11) is 0. The van der Waals surface area contributed by atoms with Crippen LogP contribution in [0.1, 0.15) is 33.5 Å². The molecule has 2 amide bonds. The molecule has 1 heterocycles. The Hall–Kier alpha value is -2.62. The number of hydrogen-bond donors (Lipinski definition) is 1. The number of benzene rings is 2. The Morgan fingerprint density at radius 2 is 1.68 bits per heavy atom. The molecule has 0 aromatic heterocycles. The second-order valence-electron chi connectivity index (χ2n) is 7.00. The maximum absolute atomic E-state index is 12.4. The third-order valence-corrected chi connectivity index (χ3v) is 4.59. The first-order valence-corrected chi connectivity index (χ1v) is 8.66. The van der Waals surface area contributed by atoms with Gasteiger partial charge in [-0.2, -0.15) is 0 Å². The molecular formula is C21H24N2O2. The van der Waals surface area contributed by atoms with Gasteiger partial charge in [0.1, 0.15) is 0 Å². The van der Waals surface area contributed by atoms with Crippen LogP contribution in [0, 0.1) is 26.7 Å². The number of rotatable bonds is 4. The first-order valence-electron chi connectivity index (χ1n) is 8.66. The minimum atomic E-state index is -0.0759. The fourth-order valence-corrected chi connectivity index (χ4v) is 3.34. The van der Waals surface area contributed by atoms with E-state index in [1.54, 1.807) is 0 Å². The molecule has 4 heteroatoms. The molecule has 1 aliphatic rings. The van der Waals surface area contributed by atoms with E-state index in [1.165, 1.54) is 5.56 Å². The predicted molar refractivity (Wildman–Crippen MR) is 99.9 cm³/mol. The summed E-state index contributed by atoms with van der Waals surface area (Å²) < 4.78 is 0. The van der Waals surface area contributed by atoms with Crippen LogP contribution in [0.15, 0.2) is 42.5 Å². The topological polar surface area (TPSA) is 49.4 Å². The molecule has 2 aromatic carbocycles. The highest BCUT2D eigenvalue weighted by molar-refractivity contribution is 5.96. The zero-order chi connectivity index (χ0) is 18.0. The van der Waals surface area contributed by atoms with Crippen LogP contribution in [0.4, 0.5) is 5.69 Å². The van der Waals surface area contributed by atoms with Gasteiger partial charge in [0.25, 0.3) is 5.91 Å². The average molecular weight is 336 g/mol. The van der Waals surface area contributed by atoms with Crippen LogP contribution in [-0.2, 0) is 4.79 Å². The van der Waals surface area contributed by atoms with Crippen molar-refractivity contribution in [2.75, 3.05) is 18.0 Å². The van der Waals surface area contributed by atoms with Gasteiger partial charge in [-0.15, -0.1) is 0 Å². The number of carbonyl (C=O) groups is 2. The van der Waals surface area contributed by atoms with Gasteiger partial charge in [0.15, 0.2) is 0 Å². The Labute approximate surface area is 148 Å². The molecule has 0 spiro atoms. The fraction of sp³-hybridized carbons (Fsp3) is 0.333. The summed E-state index contributed by atoms with van der Waals surface area (Å²) in [6.45, 7) is 7.16. The molecule has 0 saturated carbocycles. The van der Waals surface area contributed by atoms with Crippen molar-refractivity contribution in [2.24, 2.45) is 5.92 Å². The summed E-state index contributed by atoms with van der Waals surface area (Å²) >= 11 is 0. The molecule has 1 N–H and O–H groups in total. The van der Waals surface area contributed by atoms with Gasteiger partial charge in [-0.3, -0.25) is 9.59 Å². The smallest absolute Gasteiger partial charge is 0.251 e. The molecule has 1 fully saturated rings. The average Bonchev–Trinajstić information content (AvgIpc) is 2.93. The number of anilines is 1. The standard InChI is InChI=1S/C21H24N2O2/c1-14-4-6-19(7-5-14)23-13-17(11-20(23)24)12-22-21(25)18-9-15(2)8-16(3)10-18/h4-10,17H,11-13H2,1-3H3,(H,22,25). The summed E-state index contributed by atoms with van der Waals surface area (Å²) in [5.41, 5.74) is 4.93. The van der Waals surface area contributed by atoms with Crippen molar-refractivity contribution >= 4 is 17.5 Å². The Kier molecular flexibility index (Phi) is 4.88. The summed E-state index contributed by atoms with van der Waals surface area (Å²) in [6.07, 6.45) is 0.473. The molecule has 0 bridgehead atoms. The van der Waals surface area contributed by atoms with E-state index in [1.807, 2.05) is 68.1 Å². The molecule has 0 radical (unpaired) electrons. The zero-order valence-electron chi connectivity index (χ0n) is 15.0. The lowest BCUT2D eigenvalue weighted by molar-refractivity contribution is -0.117. The third-order valence-electron chi connectivity index (χ3n) is 4.59. The number of aryl methyl sites for hydroxylation is 3. The SMILES string of the molecule is Cc1ccc(N2CC(CNC(=O)c3cc(C)cc(C)c3)CC2=O)cc1. The van der Waals surface area contributed by atoms with E-state index < -0.39 is 0 Å². The third kappa shape index (κ3) is 4.08. The number of hydrogen-bond acceptors (Lipinski definition) is 2. The van der Waals surface area contributed by atoms with E-state index in [2.05, 4.69) is 5.32 Å². The van der Waals surface area contributed by atoms with Gasteiger partial charge in [0.2, 0.25) is 5.91 Å². The summed E-state index contributed by atoms with van der Waals surface area (Å²) in [6, 6.07) is 13.8.